The monoisotopic (exact) mass is 290 g/mol. The van der Waals surface area contributed by atoms with Crippen LogP contribution in [0.4, 0.5) is 0 Å². The summed E-state index contributed by atoms with van der Waals surface area (Å²) in [6.07, 6.45) is 1.79. The molecule has 2 N–H and O–H groups in total. The standard InChI is InChI=1S/C16H22N2O3/c1-21-11-14-13(7-8-15(19)18-14)16(20)17-10-9-12-5-3-2-4-6-12/h2-6,13-14H,7-11H2,1H3,(H,17,20)(H,18,19)/t13-,14-/m1/s1. The lowest BCUT2D eigenvalue weighted by atomic mass is 9.90. The summed E-state index contributed by atoms with van der Waals surface area (Å²) in [7, 11) is 1.57. The van der Waals surface area contributed by atoms with E-state index in [0.717, 1.165) is 6.42 Å². The van der Waals surface area contributed by atoms with Gasteiger partial charge in [-0.15, -0.1) is 0 Å². The summed E-state index contributed by atoms with van der Waals surface area (Å²) in [4.78, 5) is 23.7. The van der Waals surface area contributed by atoms with Gasteiger partial charge >= 0.3 is 0 Å². The number of carbonyl (C=O) groups excluding carboxylic acids is 2. The number of ether oxygens (including phenoxy) is 1. The number of carbonyl (C=O) groups is 2. The Labute approximate surface area is 125 Å². The molecule has 5 nitrogen and oxygen atoms in total. The maximum absolute atomic E-state index is 12.3. The fourth-order valence-electron chi connectivity index (χ4n) is 2.62. The van der Waals surface area contributed by atoms with Crippen LogP contribution in [0.5, 0.6) is 0 Å². The molecule has 1 fully saturated rings. The molecule has 1 aliphatic rings. The fraction of sp³-hybridized carbons (Fsp3) is 0.500. The van der Waals surface area contributed by atoms with Crippen LogP contribution in [0.1, 0.15) is 18.4 Å². The lowest BCUT2D eigenvalue weighted by molar-refractivity contribution is -0.132. The number of methoxy groups -OCH3 is 1. The normalized spacial score (nSPS) is 21.7. The highest BCUT2D eigenvalue weighted by Gasteiger charge is 2.33. The third kappa shape index (κ3) is 4.56. The van der Waals surface area contributed by atoms with Gasteiger partial charge in [-0.1, -0.05) is 30.3 Å². The van der Waals surface area contributed by atoms with Crippen LogP contribution >= 0.6 is 0 Å². The van der Waals surface area contributed by atoms with Crippen LogP contribution in [0.25, 0.3) is 0 Å². The third-order valence-corrected chi connectivity index (χ3v) is 3.75. The lowest BCUT2D eigenvalue weighted by Gasteiger charge is -2.30. The van der Waals surface area contributed by atoms with Crippen molar-refractivity contribution in [3.8, 4) is 0 Å². The zero-order valence-electron chi connectivity index (χ0n) is 12.3. The molecule has 0 unspecified atom stereocenters. The average Bonchev–Trinajstić information content (AvgIpc) is 2.49. The van der Waals surface area contributed by atoms with E-state index in [9.17, 15) is 9.59 Å². The molecule has 1 aliphatic heterocycles. The molecule has 0 aliphatic carbocycles. The molecule has 1 aromatic rings. The molecule has 0 spiro atoms. The predicted molar refractivity (Wildman–Crippen MR) is 79.7 cm³/mol. The van der Waals surface area contributed by atoms with Gasteiger partial charge in [0.2, 0.25) is 11.8 Å². The molecule has 5 heteroatoms. The summed E-state index contributed by atoms with van der Waals surface area (Å²) in [6.45, 7) is 0.968. The zero-order valence-corrected chi connectivity index (χ0v) is 12.3. The quantitative estimate of drug-likeness (QED) is 0.817. The summed E-state index contributed by atoms with van der Waals surface area (Å²) in [6, 6.07) is 9.81. The third-order valence-electron chi connectivity index (χ3n) is 3.75. The number of hydrogen-bond acceptors (Lipinski definition) is 3. The van der Waals surface area contributed by atoms with Gasteiger partial charge in [0.1, 0.15) is 0 Å². The minimum atomic E-state index is -0.229. The largest absolute Gasteiger partial charge is 0.383 e. The van der Waals surface area contributed by atoms with Crippen LogP contribution < -0.4 is 10.6 Å². The van der Waals surface area contributed by atoms with Crippen molar-refractivity contribution in [1.82, 2.24) is 10.6 Å². The molecular weight excluding hydrogens is 268 g/mol. The number of nitrogens with one attached hydrogen (secondary N) is 2. The van der Waals surface area contributed by atoms with Gasteiger partial charge in [-0.3, -0.25) is 9.59 Å². The molecule has 1 aromatic carbocycles. The second-order valence-corrected chi connectivity index (χ2v) is 5.30. The maximum atomic E-state index is 12.3. The fourth-order valence-corrected chi connectivity index (χ4v) is 2.62. The Hall–Kier alpha value is -1.88. The van der Waals surface area contributed by atoms with Gasteiger partial charge in [0.25, 0.3) is 0 Å². The Morgan fingerprint density at radius 3 is 2.86 bits per heavy atom. The van der Waals surface area contributed by atoms with Crippen LogP contribution in [0, 0.1) is 5.92 Å². The number of amides is 2. The minimum Gasteiger partial charge on any atom is -0.383 e. The van der Waals surface area contributed by atoms with E-state index in [1.165, 1.54) is 5.56 Å². The van der Waals surface area contributed by atoms with Gasteiger partial charge in [0, 0.05) is 20.1 Å². The summed E-state index contributed by atoms with van der Waals surface area (Å²) in [5, 5.41) is 5.79. The molecule has 0 aromatic heterocycles. The first-order valence-electron chi connectivity index (χ1n) is 7.30. The molecule has 114 valence electrons. The molecule has 0 saturated carbocycles. The van der Waals surface area contributed by atoms with E-state index in [1.54, 1.807) is 7.11 Å². The SMILES string of the molecule is COC[C@H]1NC(=O)CC[C@H]1C(=O)NCCc1ccccc1. The molecule has 2 rings (SSSR count). The van der Waals surface area contributed by atoms with Crippen molar-refractivity contribution in [1.29, 1.82) is 0 Å². The zero-order chi connectivity index (χ0) is 15.1. The molecule has 2 amide bonds. The first-order chi connectivity index (χ1) is 10.2. The van der Waals surface area contributed by atoms with Gasteiger partial charge in [-0.2, -0.15) is 0 Å². The minimum absolute atomic E-state index is 0.00650. The van der Waals surface area contributed by atoms with E-state index in [1.807, 2.05) is 30.3 Å². The van der Waals surface area contributed by atoms with Gasteiger partial charge in [-0.05, 0) is 18.4 Å². The second-order valence-electron chi connectivity index (χ2n) is 5.30. The first kappa shape index (κ1) is 15.5. The maximum Gasteiger partial charge on any atom is 0.225 e. The molecule has 21 heavy (non-hydrogen) atoms. The Bertz CT molecular complexity index is 476. The van der Waals surface area contributed by atoms with E-state index in [-0.39, 0.29) is 23.8 Å². The Kier molecular flexibility index (Phi) is 5.75. The van der Waals surface area contributed by atoms with Crippen molar-refractivity contribution in [2.75, 3.05) is 20.3 Å². The molecule has 1 saturated heterocycles. The van der Waals surface area contributed by atoms with E-state index in [4.69, 9.17) is 4.74 Å². The Morgan fingerprint density at radius 1 is 1.38 bits per heavy atom. The van der Waals surface area contributed by atoms with Gasteiger partial charge in [0.05, 0.1) is 18.6 Å². The number of rotatable bonds is 6. The van der Waals surface area contributed by atoms with E-state index < -0.39 is 0 Å². The second kappa shape index (κ2) is 7.78. The predicted octanol–water partition coefficient (Wildman–Crippen LogP) is 0.887. The van der Waals surface area contributed by atoms with Gasteiger partial charge in [-0.25, -0.2) is 0 Å². The van der Waals surface area contributed by atoms with Crippen molar-refractivity contribution in [2.45, 2.75) is 25.3 Å². The molecule has 0 bridgehead atoms. The highest BCUT2D eigenvalue weighted by atomic mass is 16.5. The van der Waals surface area contributed by atoms with Crippen LogP contribution in [-0.2, 0) is 20.7 Å². The average molecular weight is 290 g/mol. The number of piperidine rings is 1. The summed E-state index contributed by atoms with van der Waals surface area (Å²) in [5.74, 6) is -0.225. The van der Waals surface area contributed by atoms with Crippen LogP contribution in [0.3, 0.4) is 0 Å². The summed E-state index contributed by atoms with van der Waals surface area (Å²) in [5.41, 5.74) is 1.20. The topological polar surface area (TPSA) is 67.4 Å². The number of hydrogen-bond donors (Lipinski definition) is 2. The van der Waals surface area contributed by atoms with Crippen molar-refractivity contribution in [3.05, 3.63) is 35.9 Å². The Morgan fingerprint density at radius 2 is 2.14 bits per heavy atom. The van der Waals surface area contributed by atoms with Gasteiger partial charge in [0.15, 0.2) is 0 Å². The van der Waals surface area contributed by atoms with Crippen molar-refractivity contribution in [2.24, 2.45) is 5.92 Å². The van der Waals surface area contributed by atoms with Crippen molar-refractivity contribution in [3.63, 3.8) is 0 Å². The smallest absolute Gasteiger partial charge is 0.225 e. The summed E-state index contributed by atoms with van der Waals surface area (Å²) >= 11 is 0. The lowest BCUT2D eigenvalue weighted by Crippen LogP contribution is -2.52. The van der Waals surface area contributed by atoms with Crippen LogP contribution in [0.15, 0.2) is 30.3 Å². The molecule has 2 atom stereocenters. The number of benzene rings is 1. The van der Waals surface area contributed by atoms with Crippen LogP contribution in [0.2, 0.25) is 0 Å². The summed E-state index contributed by atoms with van der Waals surface area (Å²) < 4.78 is 5.09. The molecule has 0 radical (unpaired) electrons. The van der Waals surface area contributed by atoms with E-state index >= 15 is 0 Å². The highest BCUT2D eigenvalue weighted by molar-refractivity contribution is 5.84. The Balaban J connectivity index is 1.82. The molecular formula is C16H22N2O3. The van der Waals surface area contributed by atoms with Gasteiger partial charge < -0.3 is 15.4 Å². The highest BCUT2D eigenvalue weighted by Crippen LogP contribution is 2.17. The first-order valence-corrected chi connectivity index (χ1v) is 7.30. The van der Waals surface area contributed by atoms with E-state index in [0.29, 0.717) is 26.0 Å². The van der Waals surface area contributed by atoms with Crippen molar-refractivity contribution >= 4 is 11.8 Å². The van der Waals surface area contributed by atoms with Crippen molar-refractivity contribution < 1.29 is 14.3 Å². The van der Waals surface area contributed by atoms with E-state index in [2.05, 4.69) is 10.6 Å². The molecule has 1 heterocycles. The van der Waals surface area contributed by atoms with Crippen LogP contribution in [-0.4, -0.2) is 38.1 Å².